The molecule has 0 bridgehead atoms. The van der Waals surface area contributed by atoms with E-state index in [0.29, 0.717) is 11.3 Å². The van der Waals surface area contributed by atoms with Gasteiger partial charge in [0.25, 0.3) is 0 Å². The molecule has 2 rings (SSSR count). The van der Waals surface area contributed by atoms with E-state index in [1.165, 1.54) is 17.0 Å². The van der Waals surface area contributed by atoms with Gasteiger partial charge in [0.05, 0.1) is 0 Å². The van der Waals surface area contributed by atoms with E-state index in [9.17, 15) is 0 Å². The van der Waals surface area contributed by atoms with Gasteiger partial charge in [-0.15, -0.1) is 0 Å². The van der Waals surface area contributed by atoms with E-state index in [1.54, 1.807) is 0 Å². The fourth-order valence-corrected chi connectivity index (χ4v) is 3.24. The van der Waals surface area contributed by atoms with Gasteiger partial charge < -0.3 is 10.6 Å². The summed E-state index contributed by atoms with van der Waals surface area (Å²) in [6, 6.07) is 6.96. The highest BCUT2D eigenvalue weighted by molar-refractivity contribution is 8.00. The van der Waals surface area contributed by atoms with Crippen LogP contribution in [0.3, 0.4) is 0 Å². The number of thioether (sulfide) groups is 1. The van der Waals surface area contributed by atoms with Crippen molar-refractivity contribution in [3.05, 3.63) is 23.8 Å². The molecule has 1 saturated heterocycles. The monoisotopic (exact) mass is 236 g/mol. The lowest BCUT2D eigenvalue weighted by atomic mass is 10.1. The summed E-state index contributed by atoms with van der Waals surface area (Å²) in [6.45, 7) is 7.83. The fraction of sp³-hybridized carbons (Fsp3) is 0.538. The SMILES string of the molecule is Cc1cc(N2CCSC(C)C2C)ccc1N. The Bertz CT molecular complexity index is 378. The van der Waals surface area contributed by atoms with Crippen molar-refractivity contribution in [1.29, 1.82) is 0 Å². The number of nitrogens with two attached hydrogens (primary N) is 1. The second-order valence-corrected chi connectivity index (χ2v) is 6.04. The maximum atomic E-state index is 5.86. The van der Waals surface area contributed by atoms with E-state index < -0.39 is 0 Å². The molecule has 1 aromatic carbocycles. The van der Waals surface area contributed by atoms with Gasteiger partial charge >= 0.3 is 0 Å². The predicted octanol–water partition coefficient (Wildman–Crippen LogP) is 2.91. The van der Waals surface area contributed by atoms with Crippen LogP contribution in [0.1, 0.15) is 19.4 Å². The van der Waals surface area contributed by atoms with Crippen molar-refractivity contribution in [3.8, 4) is 0 Å². The molecular formula is C13H20N2S. The predicted molar refractivity (Wildman–Crippen MR) is 74.3 cm³/mol. The van der Waals surface area contributed by atoms with E-state index in [-0.39, 0.29) is 0 Å². The molecule has 2 N–H and O–H groups in total. The van der Waals surface area contributed by atoms with Crippen molar-refractivity contribution < 1.29 is 0 Å². The van der Waals surface area contributed by atoms with Crippen molar-refractivity contribution in [3.63, 3.8) is 0 Å². The van der Waals surface area contributed by atoms with Gasteiger partial charge in [-0.2, -0.15) is 11.8 Å². The number of nitrogens with zero attached hydrogens (tertiary/aromatic N) is 1. The van der Waals surface area contributed by atoms with Crippen LogP contribution >= 0.6 is 11.8 Å². The van der Waals surface area contributed by atoms with Crippen LogP contribution in [0.4, 0.5) is 11.4 Å². The summed E-state index contributed by atoms with van der Waals surface area (Å²) in [6.07, 6.45) is 0. The van der Waals surface area contributed by atoms with Crippen molar-refractivity contribution >= 4 is 23.1 Å². The van der Waals surface area contributed by atoms with Gasteiger partial charge in [-0.3, -0.25) is 0 Å². The number of hydrogen-bond acceptors (Lipinski definition) is 3. The largest absolute Gasteiger partial charge is 0.399 e. The summed E-state index contributed by atoms with van der Waals surface area (Å²) in [7, 11) is 0. The van der Waals surface area contributed by atoms with Crippen LogP contribution < -0.4 is 10.6 Å². The molecule has 3 heteroatoms. The molecule has 1 fully saturated rings. The lowest BCUT2D eigenvalue weighted by Crippen LogP contribution is -2.44. The Morgan fingerprint density at radius 2 is 2.12 bits per heavy atom. The van der Waals surface area contributed by atoms with E-state index in [2.05, 4.69) is 49.6 Å². The molecule has 16 heavy (non-hydrogen) atoms. The van der Waals surface area contributed by atoms with Crippen LogP contribution in [0.25, 0.3) is 0 Å². The van der Waals surface area contributed by atoms with Gasteiger partial charge in [-0.25, -0.2) is 0 Å². The second kappa shape index (κ2) is 4.58. The summed E-state index contributed by atoms with van der Waals surface area (Å²) in [4.78, 5) is 2.49. The van der Waals surface area contributed by atoms with E-state index in [0.717, 1.165) is 12.2 Å². The minimum absolute atomic E-state index is 0.599. The third-order valence-electron chi connectivity index (χ3n) is 3.47. The number of aryl methyl sites for hydroxylation is 1. The minimum Gasteiger partial charge on any atom is -0.399 e. The summed E-state index contributed by atoms with van der Waals surface area (Å²) in [5.74, 6) is 1.22. The lowest BCUT2D eigenvalue weighted by Gasteiger charge is -2.39. The Kier molecular flexibility index (Phi) is 3.33. The molecule has 1 heterocycles. The van der Waals surface area contributed by atoms with Crippen LogP contribution in [-0.4, -0.2) is 23.6 Å². The Morgan fingerprint density at radius 3 is 2.81 bits per heavy atom. The molecular weight excluding hydrogens is 216 g/mol. The number of anilines is 2. The first-order chi connectivity index (χ1) is 7.59. The maximum absolute atomic E-state index is 5.86. The number of rotatable bonds is 1. The van der Waals surface area contributed by atoms with E-state index in [4.69, 9.17) is 5.73 Å². The first-order valence-electron chi connectivity index (χ1n) is 5.84. The zero-order chi connectivity index (χ0) is 11.7. The molecule has 0 saturated carbocycles. The second-order valence-electron chi connectivity index (χ2n) is 4.55. The molecule has 1 aliphatic rings. The summed E-state index contributed by atoms with van der Waals surface area (Å²) in [5, 5.41) is 0.701. The molecule has 2 unspecified atom stereocenters. The summed E-state index contributed by atoms with van der Waals surface area (Å²) in [5.41, 5.74) is 9.23. The summed E-state index contributed by atoms with van der Waals surface area (Å²) >= 11 is 2.07. The summed E-state index contributed by atoms with van der Waals surface area (Å²) < 4.78 is 0. The van der Waals surface area contributed by atoms with Gasteiger partial charge in [-0.1, -0.05) is 6.92 Å². The number of hydrogen-bond donors (Lipinski definition) is 1. The molecule has 1 aliphatic heterocycles. The number of benzene rings is 1. The third kappa shape index (κ3) is 2.14. The lowest BCUT2D eigenvalue weighted by molar-refractivity contribution is 0.627. The molecule has 0 aliphatic carbocycles. The van der Waals surface area contributed by atoms with E-state index >= 15 is 0 Å². The van der Waals surface area contributed by atoms with Crippen LogP contribution in [0.5, 0.6) is 0 Å². The minimum atomic E-state index is 0.599. The first kappa shape index (κ1) is 11.6. The van der Waals surface area contributed by atoms with Crippen LogP contribution in [0.15, 0.2) is 18.2 Å². The highest BCUT2D eigenvalue weighted by Crippen LogP contribution is 2.30. The zero-order valence-electron chi connectivity index (χ0n) is 10.2. The highest BCUT2D eigenvalue weighted by Gasteiger charge is 2.25. The Morgan fingerprint density at radius 1 is 1.38 bits per heavy atom. The average Bonchev–Trinajstić information content (AvgIpc) is 2.26. The van der Waals surface area contributed by atoms with E-state index in [1.807, 2.05) is 6.07 Å². The van der Waals surface area contributed by atoms with Crippen LogP contribution in [0, 0.1) is 6.92 Å². The standard InChI is InChI=1S/C13H20N2S/c1-9-8-12(4-5-13(9)14)15-6-7-16-11(3)10(15)2/h4-5,8,10-11H,6-7,14H2,1-3H3. The van der Waals surface area contributed by atoms with Crippen molar-refractivity contribution in [2.24, 2.45) is 0 Å². The van der Waals surface area contributed by atoms with Gasteiger partial charge in [0.15, 0.2) is 0 Å². The average molecular weight is 236 g/mol. The highest BCUT2D eigenvalue weighted by atomic mass is 32.2. The topological polar surface area (TPSA) is 29.3 Å². The normalized spacial score (nSPS) is 25.8. The molecule has 0 spiro atoms. The Labute approximate surface area is 102 Å². The Balaban J connectivity index is 2.25. The molecule has 0 amide bonds. The van der Waals surface area contributed by atoms with Crippen LogP contribution in [-0.2, 0) is 0 Å². The first-order valence-corrected chi connectivity index (χ1v) is 6.89. The third-order valence-corrected chi connectivity index (χ3v) is 4.81. The van der Waals surface area contributed by atoms with Crippen LogP contribution in [0.2, 0.25) is 0 Å². The van der Waals surface area contributed by atoms with Crippen molar-refractivity contribution in [2.75, 3.05) is 22.9 Å². The quantitative estimate of drug-likeness (QED) is 0.760. The molecule has 0 aromatic heterocycles. The molecule has 88 valence electrons. The zero-order valence-corrected chi connectivity index (χ0v) is 11.1. The molecule has 2 atom stereocenters. The molecule has 2 nitrogen and oxygen atoms in total. The van der Waals surface area contributed by atoms with Crippen molar-refractivity contribution in [2.45, 2.75) is 32.1 Å². The van der Waals surface area contributed by atoms with Gasteiger partial charge in [0, 0.05) is 35.0 Å². The van der Waals surface area contributed by atoms with Gasteiger partial charge in [0.1, 0.15) is 0 Å². The number of nitrogen functional groups attached to an aromatic ring is 1. The molecule has 1 aromatic rings. The van der Waals surface area contributed by atoms with Gasteiger partial charge in [0.2, 0.25) is 0 Å². The smallest absolute Gasteiger partial charge is 0.0378 e. The fourth-order valence-electron chi connectivity index (χ4n) is 2.14. The Hall–Kier alpha value is -0.830. The van der Waals surface area contributed by atoms with Crippen molar-refractivity contribution in [1.82, 2.24) is 0 Å². The molecule has 0 radical (unpaired) electrons. The maximum Gasteiger partial charge on any atom is 0.0378 e. The van der Waals surface area contributed by atoms with Gasteiger partial charge in [-0.05, 0) is 37.6 Å².